The molecule has 2 aromatic rings. The molecule has 29 heavy (non-hydrogen) atoms. The first-order chi connectivity index (χ1) is 13.4. The maximum Gasteiger partial charge on any atom is 0.339 e. The highest BCUT2D eigenvalue weighted by atomic mass is 32.2. The molecule has 1 aliphatic heterocycles. The van der Waals surface area contributed by atoms with Gasteiger partial charge >= 0.3 is 10.1 Å². The van der Waals surface area contributed by atoms with Crippen LogP contribution in [0.1, 0.15) is 54.8 Å². The molecule has 0 aromatic heterocycles. The summed E-state index contributed by atoms with van der Waals surface area (Å²) in [5.41, 5.74) is 0.442. The minimum atomic E-state index is -4.21. The number of ether oxygens (including phenoxy) is 2. The molecular formula is C21H24O7S. The summed E-state index contributed by atoms with van der Waals surface area (Å²) in [6.07, 6.45) is -0.653. The van der Waals surface area contributed by atoms with E-state index in [2.05, 4.69) is 0 Å². The van der Waals surface area contributed by atoms with Gasteiger partial charge in [-0.25, -0.2) is 0 Å². The van der Waals surface area contributed by atoms with Crippen LogP contribution in [-0.2, 0) is 10.1 Å². The Morgan fingerprint density at radius 1 is 1.24 bits per heavy atom. The van der Waals surface area contributed by atoms with E-state index in [0.29, 0.717) is 5.56 Å². The van der Waals surface area contributed by atoms with Crippen molar-refractivity contribution in [3.05, 3.63) is 47.0 Å². The van der Waals surface area contributed by atoms with E-state index < -0.39 is 27.6 Å². The lowest BCUT2D eigenvalue weighted by atomic mass is 9.89. The summed E-state index contributed by atoms with van der Waals surface area (Å²) in [7, 11) is -2.87. The van der Waals surface area contributed by atoms with Gasteiger partial charge in [-0.15, -0.1) is 0 Å². The van der Waals surface area contributed by atoms with Gasteiger partial charge in [0.2, 0.25) is 0 Å². The number of carbonyl (C=O) groups excluding carboxylic acids is 1. The number of benzene rings is 2. The van der Waals surface area contributed by atoms with E-state index >= 15 is 0 Å². The van der Waals surface area contributed by atoms with Crippen molar-refractivity contribution in [1.29, 1.82) is 0 Å². The Bertz CT molecular complexity index is 1050. The number of methoxy groups -OCH3 is 1. The molecule has 7 nitrogen and oxygen atoms in total. The molecule has 1 heterocycles. The van der Waals surface area contributed by atoms with Gasteiger partial charge in [0.15, 0.2) is 11.5 Å². The van der Waals surface area contributed by atoms with Gasteiger partial charge in [-0.1, -0.05) is 17.7 Å². The number of aliphatic hydroxyl groups excluding tert-OH is 1. The zero-order valence-electron chi connectivity index (χ0n) is 17.0. The van der Waals surface area contributed by atoms with Crippen molar-refractivity contribution in [3.63, 3.8) is 0 Å². The monoisotopic (exact) mass is 420 g/mol. The number of fused-ring (bicyclic) bond motifs is 1. The second-order valence-electron chi connectivity index (χ2n) is 7.68. The van der Waals surface area contributed by atoms with Crippen molar-refractivity contribution in [1.82, 2.24) is 0 Å². The van der Waals surface area contributed by atoms with Crippen LogP contribution < -0.4 is 13.7 Å². The Labute approximate surface area is 170 Å². The fourth-order valence-corrected chi connectivity index (χ4v) is 4.35. The molecule has 0 saturated heterocycles. The van der Waals surface area contributed by atoms with Gasteiger partial charge in [0.25, 0.3) is 0 Å². The SMILES string of the molecule is COc1c(C(C)=O)c(OS(=O)(=O)c2ccc(C)cc2)cc2c1C(O)CC(C)(C)O2. The number of aliphatic hydroxyl groups is 1. The number of rotatable bonds is 5. The molecule has 0 aliphatic carbocycles. The van der Waals surface area contributed by atoms with E-state index in [9.17, 15) is 18.3 Å². The van der Waals surface area contributed by atoms with Crippen LogP contribution in [0.3, 0.4) is 0 Å². The Balaban J connectivity index is 2.18. The molecule has 0 spiro atoms. The van der Waals surface area contributed by atoms with E-state index in [-0.39, 0.29) is 34.1 Å². The third-order valence-electron chi connectivity index (χ3n) is 4.72. The number of aryl methyl sites for hydroxylation is 1. The van der Waals surface area contributed by atoms with Gasteiger partial charge in [0, 0.05) is 12.5 Å². The molecular weight excluding hydrogens is 396 g/mol. The lowest BCUT2D eigenvalue weighted by molar-refractivity contribution is 0.00984. The summed E-state index contributed by atoms with van der Waals surface area (Å²) in [5.74, 6) is -0.411. The van der Waals surface area contributed by atoms with Crippen molar-refractivity contribution in [2.45, 2.75) is 50.7 Å². The Hall–Kier alpha value is -2.58. The fraction of sp³-hybridized carbons (Fsp3) is 0.381. The van der Waals surface area contributed by atoms with Gasteiger partial charge in [0.1, 0.15) is 27.6 Å². The lowest BCUT2D eigenvalue weighted by Crippen LogP contribution is -2.35. The largest absolute Gasteiger partial charge is 0.495 e. The Morgan fingerprint density at radius 2 is 1.86 bits per heavy atom. The number of hydrogen-bond donors (Lipinski definition) is 1. The summed E-state index contributed by atoms with van der Waals surface area (Å²) < 4.78 is 42.2. The van der Waals surface area contributed by atoms with Crippen LogP contribution in [0.25, 0.3) is 0 Å². The summed E-state index contributed by atoms with van der Waals surface area (Å²) in [5, 5.41) is 10.6. The van der Waals surface area contributed by atoms with Gasteiger partial charge in [-0.05, 0) is 39.8 Å². The summed E-state index contributed by atoms with van der Waals surface area (Å²) >= 11 is 0. The number of ketones is 1. The highest BCUT2D eigenvalue weighted by molar-refractivity contribution is 7.87. The predicted molar refractivity (Wildman–Crippen MR) is 106 cm³/mol. The molecule has 0 saturated carbocycles. The standard InChI is InChI=1S/C21H24O7S/c1-12-6-8-14(9-7-12)29(24,25)28-17-10-16-19(15(23)11-21(3,4)27-16)20(26-5)18(17)13(2)22/h6-10,15,23H,11H2,1-5H3. The van der Waals surface area contributed by atoms with Crippen molar-refractivity contribution in [2.24, 2.45) is 0 Å². The molecule has 0 bridgehead atoms. The molecule has 1 atom stereocenters. The third kappa shape index (κ3) is 4.09. The van der Waals surface area contributed by atoms with E-state index in [1.165, 1.54) is 32.2 Å². The second kappa shape index (κ2) is 7.35. The average Bonchev–Trinajstić information content (AvgIpc) is 2.59. The first-order valence-corrected chi connectivity index (χ1v) is 10.5. The maximum absolute atomic E-state index is 12.8. The van der Waals surface area contributed by atoms with Crippen LogP contribution >= 0.6 is 0 Å². The van der Waals surface area contributed by atoms with Crippen molar-refractivity contribution in [3.8, 4) is 17.2 Å². The lowest BCUT2D eigenvalue weighted by Gasteiger charge is -2.36. The summed E-state index contributed by atoms with van der Waals surface area (Å²) in [4.78, 5) is 12.3. The van der Waals surface area contributed by atoms with Crippen molar-refractivity contribution < 1.29 is 32.0 Å². The summed E-state index contributed by atoms with van der Waals surface area (Å²) in [6, 6.07) is 7.48. The number of carbonyl (C=O) groups is 1. The number of hydrogen-bond acceptors (Lipinski definition) is 7. The van der Waals surface area contributed by atoms with Crippen LogP contribution in [0.5, 0.6) is 17.2 Å². The molecule has 1 N–H and O–H groups in total. The van der Waals surface area contributed by atoms with Gasteiger partial charge in [-0.2, -0.15) is 8.42 Å². The van der Waals surface area contributed by atoms with Crippen molar-refractivity contribution in [2.75, 3.05) is 7.11 Å². The first kappa shape index (κ1) is 21.1. The molecule has 1 unspecified atom stereocenters. The molecule has 3 rings (SSSR count). The minimum absolute atomic E-state index is 0.0458. The van der Waals surface area contributed by atoms with E-state index in [0.717, 1.165) is 5.56 Å². The minimum Gasteiger partial charge on any atom is -0.495 e. The molecule has 2 aromatic carbocycles. The van der Waals surface area contributed by atoms with Crippen LogP contribution in [0, 0.1) is 6.92 Å². The molecule has 1 aliphatic rings. The van der Waals surface area contributed by atoms with Gasteiger partial charge in [0.05, 0.1) is 18.8 Å². The van der Waals surface area contributed by atoms with E-state index in [4.69, 9.17) is 13.7 Å². The van der Waals surface area contributed by atoms with Crippen LogP contribution in [0.2, 0.25) is 0 Å². The quantitative estimate of drug-likeness (QED) is 0.583. The third-order valence-corrected chi connectivity index (χ3v) is 5.96. The zero-order valence-corrected chi connectivity index (χ0v) is 17.8. The van der Waals surface area contributed by atoms with E-state index in [1.807, 2.05) is 6.92 Å². The topological polar surface area (TPSA) is 99.1 Å². The molecule has 0 amide bonds. The van der Waals surface area contributed by atoms with Gasteiger partial charge < -0.3 is 18.8 Å². The van der Waals surface area contributed by atoms with Crippen molar-refractivity contribution >= 4 is 15.9 Å². The fourth-order valence-electron chi connectivity index (χ4n) is 3.42. The normalized spacial score (nSPS) is 17.8. The average molecular weight is 420 g/mol. The Kier molecular flexibility index (Phi) is 5.36. The molecule has 0 radical (unpaired) electrons. The maximum atomic E-state index is 12.8. The molecule has 156 valence electrons. The van der Waals surface area contributed by atoms with Crippen LogP contribution in [0.15, 0.2) is 35.2 Å². The number of Topliss-reactive ketones (excluding diaryl/α,β-unsaturated/α-hetero) is 1. The predicted octanol–water partition coefficient (Wildman–Crippen LogP) is 3.57. The summed E-state index contributed by atoms with van der Waals surface area (Å²) in [6.45, 7) is 6.71. The Morgan fingerprint density at radius 3 is 2.41 bits per heavy atom. The van der Waals surface area contributed by atoms with Crippen LogP contribution in [-0.4, -0.2) is 32.0 Å². The second-order valence-corrected chi connectivity index (χ2v) is 9.23. The zero-order chi connectivity index (χ0) is 21.6. The highest BCUT2D eigenvalue weighted by Gasteiger charge is 2.38. The smallest absolute Gasteiger partial charge is 0.339 e. The van der Waals surface area contributed by atoms with Gasteiger partial charge in [-0.3, -0.25) is 4.79 Å². The molecule has 0 fully saturated rings. The van der Waals surface area contributed by atoms with E-state index in [1.54, 1.807) is 26.0 Å². The first-order valence-electron chi connectivity index (χ1n) is 9.09. The molecule has 8 heteroatoms. The highest BCUT2D eigenvalue weighted by Crippen LogP contribution is 2.49. The van der Waals surface area contributed by atoms with Crippen LogP contribution in [0.4, 0.5) is 0 Å².